The zero-order valence-electron chi connectivity index (χ0n) is 12.0. The van der Waals surface area contributed by atoms with Gasteiger partial charge in [0.25, 0.3) is 5.89 Å². The molecule has 2 aliphatic heterocycles. The summed E-state index contributed by atoms with van der Waals surface area (Å²) in [6.07, 6.45) is 2.04. The quantitative estimate of drug-likeness (QED) is 0.830. The van der Waals surface area contributed by atoms with Gasteiger partial charge in [-0.05, 0) is 31.4 Å². The van der Waals surface area contributed by atoms with Gasteiger partial charge in [-0.2, -0.15) is 4.98 Å². The molecule has 1 aromatic carbocycles. The molecule has 7 heteroatoms. The Kier molecular flexibility index (Phi) is 3.54. The van der Waals surface area contributed by atoms with Crippen LogP contribution in [0.3, 0.4) is 0 Å². The van der Waals surface area contributed by atoms with Crippen molar-refractivity contribution < 1.29 is 18.7 Å². The lowest BCUT2D eigenvalue weighted by Crippen LogP contribution is -2.14. The van der Waals surface area contributed by atoms with Gasteiger partial charge in [0.1, 0.15) is 0 Å². The van der Waals surface area contributed by atoms with Crippen molar-refractivity contribution in [2.24, 2.45) is 5.92 Å². The Balaban J connectivity index is 1.62. The number of rotatable bonds is 3. The van der Waals surface area contributed by atoms with Gasteiger partial charge in [0.15, 0.2) is 17.3 Å². The summed E-state index contributed by atoms with van der Waals surface area (Å²) in [6.45, 7) is 3.10. The van der Waals surface area contributed by atoms with E-state index in [9.17, 15) is 0 Å². The number of ether oxygens (including phenoxy) is 3. The van der Waals surface area contributed by atoms with E-state index in [2.05, 4.69) is 33.0 Å². The second-order valence-corrected chi connectivity index (χ2v) is 6.45. The molecule has 1 aromatic heterocycles. The molecule has 0 amide bonds. The molecule has 3 heterocycles. The second-order valence-electron chi connectivity index (χ2n) is 5.53. The molecule has 0 aliphatic carbocycles. The van der Waals surface area contributed by atoms with E-state index in [-0.39, 0.29) is 12.9 Å². The molecule has 0 bridgehead atoms. The molecular weight excluding hydrogens is 352 g/mol. The van der Waals surface area contributed by atoms with Crippen molar-refractivity contribution in [3.05, 3.63) is 22.4 Å². The summed E-state index contributed by atoms with van der Waals surface area (Å²) in [7, 11) is 0. The molecule has 116 valence electrons. The first-order valence-corrected chi connectivity index (χ1v) is 8.03. The number of hydrogen-bond donors (Lipinski definition) is 0. The minimum atomic E-state index is 0.205. The van der Waals surface area contributed by atoms with E-state index in [1.807, 2.05) is 12.1 Å². The van der Waals surface area contributed by atoms with E-state index in [4.69, 9.17) is 18.7 Å². The monoisotopic (exact) mass is 366 g/mol. The molecule has 22 heavy (non-hydrogen) atoms. The highest BCUT2D eigenvalue weighted by Crippen LogP contribution is 2.43. The van der Waals surface area contributed by atoms with Crippen LogP contribution < -0.4 is 9.47 Å². The largest absolute Gasteiger partial charge is 0.454 e. The number of nitrogens with zero attached hydrogens (tertiary/aromatic N) is 2. The third kappa shape index (κ3) is 2.48. The molecule has 4 rings (SSSR count). The van der Waals surface area contributed by atoms with Gasteiger partial charge in [0.05, 0.1) is 11.7 Å². The van der Waals surface area contributed by atoms with Gasteiger partial charge >= 0.3 is 0 Å². The van der Waals surface area contributed by atoms with E-state index in [1.54, 1.807) is 0 Å². The summed E-state index contributed by atoms with van der Waals surface area (Å²) in [5.74, 6) is 2.92. The van der Waals surface area contributed by atoms with E-state index < -0.39 is 0 Å². The van der Waals surface area contributed by atoms with E-state index in [0.717, 1.165) is 29.5 Å². The van der Waals surface area contributed by atoms with E-state index in [0.29, 0.717) is 29.1 Å². The molecule has 2 unspecified atom stereocenters. The van der Waals surface area contributed by atoms with Crippen LogP contribution in [0.15, 0.2) is 21.1 Å². The highest BCUT2D eigenvalue weighted by molar-refractivity contribution is 9.10. The number of benzene rings is 1. The number of halogens is 1. The van der Waals surface area contributed by atoms with E-state index in [1.165, 1.54) is 0 Å². The Morgan fingerprint density at radius 2 is 2.23 bits per heavy atom. The van der Waals surface area contributed by atoms with Crippen molar-refractivity contribution in [2.75, 3.05) is 13.4 Å². The van der Waals surface area contributed by atoms with Crippen LogP contribution in [-0.4, -0.2) is 29.6 Å². The SMILES string of the molecule is CC1OCCC1Cc1noc(-c2cc(Br)cc3c2OCO3)n1. The Labute approximate surface area is 135 Å². The molecule has 0 N–H and O–H groups in total. The first-order valence-electron chi connectivity index (χ1n) is 7.24. The van der Waals surface area contributed by atoms with Gasteiger partial charge in [-0.25, -0.2) is 0 Å². The maximum Gasteiger partial charge on any atom is 0.261 e. The average molecular weight is 367 g/mol. The summed E-state index contributed by atoms with van der Waals surface area (Å²) in [5, 5.41) is 4.09. The van der Waals surface area contributed by atoms with Crippen molar-refractivity contribution in [3.8, 4) is 23.0 Å². The average Bonchev–Trinajstić information content (AvgIpc) is 3.20. The van der Waals surface area contributed by atoms with Crippen molar-refractivity contribution in [1.82, 2.24) is 10.1 Å². The van der Waals surface area contributed by atoms with Crippen LogP contribution in [0.4, 0.5) is 0 Å². The summed E-state index contributed by atoms with van der Waals surface area (Å²) in [6, 6.07) is 3.76. The zero-order valence-corrected chi connectivity index (χ0v) is 13.6. The summed E-state index contributed by atoms with van der Waals surface area (Å²) >= 11 is 3.46. The van der Waals surface area contributed by atoms with Crippen molar-refractivity contribution >= 4 is 15.9 Å². The fraction of sp³-hybridized carbons (Fsp3) is 0.467. The fourth-order valence-electron chi connectivity index (χ4n) is 2.86. The molecule has 1 saturated heterocycles. The molecule has 0 radical (unpaired) electrons. The maximum absolute atomic E-state index is 5.58. The van der Waals surface area contributed by atoms with Gasteiger partial charge in [-0.3, -0.25) is 0 Å². The van der Waals surface area contributed by atoms with Crippen molar-refractivity contribution in [2.45, 2.75) is 25.9 Å². The Morgan fingerprint density at radius 3 is 3.05 bits per heavy atom. The molecular formula is C15H15BrN2O4. The van der Waals surface area contributed by atoms with Crippen LogP contribution in [0.25, 0.3) is 11.5 Å². The Bertz CT molecular complexity index is 703. The normalized spacial score (nSPS) is 23.2. The van der Waals surface area contributed by atoms with Crippen LogP contribution in [0.1, 0.15) is 19.2 Å². The smallest absolute Gasteiger partial charge is 0.261 e. The lowest BCUT2D eigenvalue weighted by atomic mass is 9.98. The lowest BCUT2D eigenvalue weighted by molar-refractivity contribution is 0.105. The lowest BCUT2D eigenvalue weighted by Gasteiger charge is -2.10. The summed E-state index contributed by atoms with van der Waals surface area (Å²) < 4.78 is 22.8. The highest BCUT2D eigenvalue weighted by Gasteiger charge is 2.28. The Hall–Kier alpha value is -1.60. The minimum absolute atomic E-state index is 0.205. The third-order valence-corrected chi connectivity index (χ3v) is 4.57. The second kappa shape index (κ2) is 5.55. The van der Waals surface area contributed by atoms with Crippen LogP contribution in [0.2, 0.25) is 0 Å². The van der Waals surface area contributed by atoms with Crippen LogP contribution in [0.5, 0.6) is 11.5 Å². The first kappa shape index (κ1) is 14.0. The van der Waals surface area contributed by atoms with Gasteiger partial charge < -0.3 is 18.7 Å². The molecule has 1 fully saturated rings. The molecule has 0 saturated carbocycles. The van der Waals surface area contributed by atoms with Gasteiger partial charge in [-0.1, -0.05) is 21.1 Å². The van der Waals surface area contributed by atoms with Crippen molar-refractivity contribution in [3.63, 3.8) is 0 Å². The Morgan fingerprint density at radius 1 is 1.32 bits per heavy atom. The molecule has 2 atom stereocenters. The predicted octanol–water partition coefficient (Wildman–Crippen LogP) is 3.20. The number of fused-ring (bicyclic) bond motifs is 1. The van der Waals surface area contributed by atoms with Gasteiger partial charge in [0, 0.05) is 17.5 Å². The number of aromatic nitrogens is 2. The third-order valence-electron chi connectivity index (χ3n) is 4.11. The summed E-state index contributed by atoms with van der Waals surface area (Å²) in [4.78, 5) is 4.51. The van der Waals surface area contributed by atoms with Gasteiger partial charge in [0.2, 0.25) is 6.79 Å². The van der Waals surface area contributed by atoms with E-state index >= 15 is 0 Å². The van der Waals surface area contributed by atoms with Crippen molar-refractivity contribution in [1.29, 1.82) is 0 Å². The predicted molar refractivity (Wildman–Crippen MR) is 80.8 cm³/mol. The van der Waals surface area contributed by atoms with Gasteiger partial charge in [-0.15, -0.1) is 0 Å². The van der Waals surface area contributed by atoms with Crippen LogP contribution in [-0.2, 0) is 11.2 Å². The number of hydrogen-bond acceptors (Lipinski definition) is 6. The highest BCUT2D eigenvalue weighted by atomic mass is 79.9. The zero-order chi connectivity index (χ0) is 15.1. The topological polar surface area (TPSA) is 66.6 Å². The standard InChI is InChI=1S/C15H15BrN2O4/c1-8-9(2-3-19-8)4-13-17-15(22-18-13)11-5-10(16)6-12-14(11)21-7-20-12/h5-6,8-9H,2-4,7H2,1H3. The molecule has 6 nitrogen and oxygen atoms in total. The molecule has 0 spiro atoms. The summed E-state index contributed by atoms with van der Waals surface area (Å²) in [5.41, 5.74) is 0.747. The minimum Gasteiger partial charge on any atom is -0.454 e. The maximum atomic E-state index is 5.58. The molecule has 2 aromatic rings. The van der Waals surface area contributed by atoms with Crippen LogP contribution >= 0.6 is 15.9 Å². The van der Waals surface area contributed by atoms with Crippen LogP contribution in [0, 0.1) is 5.92 Å². The fourth-order valence-corrected chi connectivity index (χ4v) is 3.30. The molecule has 2 aliphatic rings. The first-order chi connectivity index (χ1) is 10.7.